The van der Waals surface area contributed by atoms with Gasteiger partial charge in [0.1, 0.15) is 5.70 Å². The molecule has 0 N–H and O–H groups in total. The number of carbonyl (C=O) groups excluding carboxylic acids is 1. The predicted molar refractivity (Wildman–Crippen MR) is 122 cm³/mol. The van der Waals surface area contributed by atoms with Gasteiger partial charge in [-0.2, -0.15) is 5.26 Å². The molecule has 3 aliphatic heterocycles. The molecule has 1 fully saturated rings. The van der Waals surface area contributed by atoms with E-state index in [2.05, 4.69) is 21.9 Å². The van der Waals surface area contributed by atoms with Crippen LogP contribution in [0, 0.1) is 11.3 Å². The Labute approximate surface area is 185 Å². The normalized spacial score (nSPS) is 17.2. The van der Waals surface area contributed by atoms with E-state index in [9.17, 15) is 4.79 Å². The van der Waals surface area contributed by atoms with Crippen LogP contribution in [0.25, 0.3) is 11.4 Å². The fourth-order valence-electron chi connectivity index (χ4n) is 3.73. The molecule has 0 saturated carbocycles. The van der Waals surface area contributed by atoms with Crippen LogP contribution in [0.2, 0.25) is 0 Å². The summed E-state index contributed by atoms with van der Waals surface area (Å²) < 4.78 is 5.33. The molecule has 0 aliphatic carbocycles. The zero-order chi connectivity index (χ0) is 21.9. The van der Waals surface area contributed by atoms with E-state index in [1.807, 2.05) is 52.4 Å². The van der Waals surface area contributed by atoms with Crippen molar-refractivity contribution in [2.45, 2.75) is 0 Å². The van der Waals surface area contributed by atoms with Crippen molar-refractivity contribution in [2.75, 3.05) is 26.3 Å². The van der Waals surface area contributed by atoms with Crippen molar-refractivity contribution in [3.63, 3.8) is 0 Å². The first-order valence-electron chi connectivity index (χ1n) is 10.3. The molecule has 156 valence electrons. The summed E-state index contributed by atoms with van der Waals surface area (Å²) in [6.45, 7) is 2.39. The van der Waals surface area contributed by atoms with Crippen molar-refractivity contribution >= 4 is 29.4 Å². The molecule has 3 heterocycles. The molecule has 32 heavy (non-hydrogen) atoms. The Morgan fingerprint density at radius 1 is 1.03 bits per heavy atom. The molecule has 1 amide bonds. The molecule has 0 spiro atoms. The largest absolute Gasteiger partial charge is 0.378 e. The second-order valence-corrected chi connectivity index (χ2v) is 7.45. The molecule has 0 aromatic heterocycles. The number of aliphatic imine (C=N–C) groups is 2. The molecular weight excluding hydrogens is 402 g/mol. The minimum atomic E-state index is 0.0180. The van der Waals surface area contributed by atoms with Gasteiger partial charge in [0.05, 0.1) is 48.7 Å². The minimum absolute atomic E-state index is 0.0180. The standard InChI is InChI=1S/C25H19N5O2/c26-13-18-1-3-20(4-2-18)24-16-27-14-22-15-28-23(17-30(22)24)19-5-7-21(8-6-19)25(31)29-9-11-32-12-10-29/h1-8,15-17H,9-12H2. The summed E-state index contributed by atoms with van der Waals surface area (Å²) in [6.07, 6.45) is 5.39. The summed E-state index contributed by atoms with van der Waals surface area (Å²) in [7, 11) is 0. The number of nitriles is 1. The van der Waals surface area contributed by atoms with E-state index in [0.717, 1.165) is 28.2 Å². The highest BCUT2D eigenvalue weighted by atomic mass is 16.5. The third kappa shape index (κ3) is 3.77. The SMILES string of the molecule is N#Cc1ccc(C2=CN=C=C3C=NC(c4ccc(C(=O)N5CCOCC5)cc4)=CN32)cc1. The maximum absolute atomic E-state index is 12.7. The molecule has 3 aliphatic rings. The molecule has 2 aromatic carbocycles. The van der Waals surface area contributed by atoms with Crippen LogP contribution < -0.4 is 0 Å². The summed E-state index contributed by atoms with van der Waals surface area (Å²) in [4.78, 5) is 25.2. The number of hydrogen-bond donors (Lipinski definition) is 0. The van der Waals surface area contributed by atoms with Crippen LogP contribution in [0.1, 0.15) is 27.0 Å². The average molecular weight is 421 g/mol. The number of ether oxygens (including phenoxy) is 1. The molecule has 5 rings (SSSR count). The van der Waals surface area contributed by atoms with Gasteiger partial charge < -0.3 is 14.5 Å². The highest BCUT2D eigenvalue weighted by molar-refractivity contribution is 5.99. The van der Waals surface area contributed by atoms with Crippen molar-refractivity contribution in [1.82, 2.24) is 9.80 Å². The highest BCUT2D eigenvalue weighted by Gasteiger charge is 2.22. The summed E-state index contributed by atoms with van der Waals surface area (Å²) in [5.74, 6) is 2.98. The maximum atomic E-state index is 12.7. The van der Waals surface area contributed by atoms with E-state index in [1.165, 1.54) is 0 Å². The number of hydrogen-bond acceptors (Lipinski definition) is 6. The number of nitrogens with zero attached hydrogens (tertiary/aromatic N) is 5. The summed E-state index contributed by atoms with van der Waals surface area (Å²) in [5.41, 5.74) is 5.46. The van der Waals surface area contributed by atoms with Crippen LogP contribution >= 0.6 is 0 Å². The zero-order valence-electron chi connectivity index (χ0n) is 17.2. The van der Waals surface area contributed by atoms with E-state index in [1.54, 1.807) is 24.5 Å². The van der Waals surface area contributed by atoms with Gasteiger partial charge in [-0.25, -0.2) is 4.99 Å². The van der Waals surface area contributed by atoms with Gasteiger partial charge in [0.25, 0.3) is 5.91 Å². The van der Waals surface area contributed by atoms with Gasteiger partial charge in [-0.05, 0) is 24.3 Å². The van der Waals surface area contributed by atoms with Crippen molar-refractivity contribution in [1.29, 1.82) is 5.26 Å². The molecule has 7 nitrogen and oxygen atoms in total. The van der Waals surface area contributed by atoms with Crippen LogP contribution in [0.15, 0.2) is 76.6 Å². The Morgan fingerprint density at radius 2 is 1.75 bits per heavy atom. The van der Waals surface area contributed by atoms with Crippen molar-refractivity contribution in [3.05, 3.63) is 88.9 Å². The summed E-state index contributed by atoms with van der Waals surface area (Å²) >= 11 is 0. The van der Waals surface area contributed by atoms with E-state index < -0.39 is 0 Å². The number of allylic oxidation sites excluding steroid dienone is 1. The predicted octanol–water partition coefficient (Wildman–Crippen LogP) is 3.28. The number of benzene rings is 2. The number of amides is 1. The number of morpholine rings is 1. The topological polar surface area (TPSA) is 81.3 Å². The highest BCUT2D eigenvalue weighted by Crippen LogP contribution is 2.31. The Morgan fingerprint density at radius 3 is 2.47 bits per heavy atom. The smallest absolute Gasteiger partial charge is 0.254 e. The molecule has 0 atom stereocenters. The van der Waals surface area contributed by atoms with Gasteiger partial charge in [-0.15, -0.1) is 0 Å². The Bertz CT molecular complexity index is 1250. The molecular formula is C25H19N5O2. The van der Waals surface area contributed by atoms with Crippen molar-refractivity contribution in [3.8, 4) is 6.07 Å². The Hall–Kier alpha value is -4.24. The number of fused-ring (bicyclic) bond motifs is 1. The van der Waals surface area contributed by atoms with Gasteiger partial charge in [-0.1, -0.05) is 24.3 Å². The van der Waals surface area contributed by atoms with Crippen LogP contribution in [0.3, 0.4) is 0 Å². The second kappa shape index (κ2) is 8.48. The summed E-state index contributed by atoms with van der Waals surface area (Å²) in [6, 6.07) is 17.0. The maximum Gasteiger partial charge on any atom is 0.254 e. The third-order valence-corrected chi connectivity index (χ3v) is 5.50. The first-order valence-corrected chi connectivity index (χ1v) is 10.3. The molecule has 0 bridgehead atoms. The fourth-order valence-corrected chi connectivity index (χ4v) is 3.73. The lowest BCUT2D eigenvalue weighted by atomic mass is 10.1. The molecule has 7 heteroatoms. The van der Waals surface area contributed by atoms with Gasteiger partial charge in [0.15, 0.2) is 0 Å². The lowest BCUT2D eigenvalue weighted by Gasteiger charge is -2.28. The van der Waals surface area contributed by atoms with Crippen molar-refractivity contribution in [2.24, 2.45) is 9.98 Å². The summed E-state index contributed by atoms with van der Waals surface area (Å²) in [5, 5.41) is 9.05. The molecule has 2 aromatic rings. The van der Waals surface area contributed by atoms with Crippen LogP contribution in [-0.2, 0) is 4.74 Å². The molecule has 0 unspecified atom stereocenters. The Kier molecular flexibility index (Phi) is 5.22. The minimum Gasteiger partial charge on any atom is -0.378 e. The third-order valence-electron chi connectivity index (χ3n) is 5.50. The second-order valence-electron chi connectivity index (χ2n) is 7.45. The average Bonchev–Trinajstić information content (AvgIpc) is 2.88. The monoisotopic (exact) mass is 421 g/mol. The van der Waals surface area contributed by atoms with Gasteiger partial charge >= 0.3 is 0 Å². The van der Waals surface area contributed by atoms with E-state index in [0.29, 0.717) is 37.4 Å². The first-order chi connectivity index (χ1) is 15.7. The van der Waals surface area contributed by atoms with E-state index >= 15 is 0 Å². The fraction of sp³-hybridized carbons (Fsp3) is 0.160. The zero-order valence-corrected chi connectivity index (χ0v) is 17.2. The molecule has 1 saturated heterocycles. The Balaban J connectivity index is 1.40. The van der Waals surface area contributed by atoms with Gasteiger partial charge in [-0.3, -0.25) is 9.79 Å². The lowest BCUT2D eigenvalue weighted by Crippen LogP contribution is -2.40. The number of rotatable bonds is 3. The number of carbonyl (C=O) groups is 1. The van der Waals surface area contributed by atoms with Crippen LogP contribution in [0.5, 0.6) is 0 Å². The quantitative estimate of drug-likeness (QED) is 0.762. The van der Waals surface area contributed by atoms with E-state index in [4.69, 9.17) is 10.00 Å². The van der Waals surface area contributed by atoms with Gasteiger partial charge in [0.2, 0.25) is 0 Å². The molecule has 0 radical (unpaired) electrons. The van der Waals surface area contributed by atoms with E-state index in [-0.39, 0.29) is 5.91 Å². The first kappa shape index (κ1) is 19.7. The van der Waals surface area contributed by atoms with Crippen LogP contribution in [0.4, 0.5) is 0 Å². The van der Waals surface area contributed by atoms with Crippen LogP contribution in [-0.4, -0.2) is 54.1 Å². The lowest BCUT2D eigenvalue weighted by molar-refractivity contribution is 0.0303. The van der Waals surface area contributed by atoms with Crippen molar-refractivity contribution < 1.29 is 9.53 Å². The van der Waals surface area contributed by atoms with Gasteiger partial charge in [0, 0.05) is 41.8 Å².